The smallest absolute Gasteiger partial charge is 0.133 e. The lowest BCUT2D eigenvalue weighted by atomic mass is 10.2. The van der Waals surface area contributed by atoms with Gasteiger partial charge in [0, 0.05) is 18.1 Å². The highest BCUT2D eigenvalue weighted by molar-refractivity contribution is 7.99. The van der Waals surface area contributed by atoms with Gasteiger partial charge in [-0.15, -0.1) is 0 Å². The minimum absolute atomic E-state index is 0.337. The lowest BCUT2D eigenvalue weighted by molar-refractivity contribution is -0.118. The van der Waals surface area contributed by atoms with Gasteiger partial charge in [0.2, 0.25) is 0 Å². The lowest BCUT2D eigenvalue weighted by Crippen LogP contribution is -2.05. The molecular weight excluding hydrogens is 196 g/mol. The number of hydrogen-bond acceptors (Lipinski definition) is 3. The third-order valence-corrected chi connectivity index (χ3v) is 3.19. The van der Waals surface area contributed by atoms with Gasteiger partial charge >= 0.3 is 0 Å². The Hall–Kier alpha value is -0.700. The first-order valence-corrected chi connectivity index (χ1v) is 5.93. The van der Waals surface area contributed by atoms with E-state index in [-0.39, 0.29) is 0 Å². The summed E-state index contributed by atoms with van der Waals surface area (Å²) in [6.07, 6.45) is 2.99. The van der Waals surface area contributed by atoms with Crippen molar-refractivity contribution in [2.24, 2.45) is 0 Å². The summed E-state index contributed by atoms with van der Waals surface area (Å²) in [6.45, 7) is 3.99. The van der Waals surface area contributed by atoms with E-state index in [1.54, 1.807) is 18.0 Å². The molecule has 2 nitrogen and oxygen atoms in total. The molecule has 0 spiro atoms. The second-order valence-electron chi connectivity index (χ2n) is 3.30. The summed E-state index contributed by atoms with van der Waals surface area (Å²) < 4.78 is 5.21. The quantitative estimate of drug-likeness (QED) is 0.725. The maximum absolute atomic E-state index is 11.1. The van der Waals surface area contributed by atoms with Crippen LogP contribution in [0, 0.1) is 0 Å². The molecule has 0 fully saturated rings. The van der Waals surface area contributed by atoms with Gasteiger partial charge in [0.05, 0.1) is 12.0 Å². The van der Waals surface area contributed by atoms with Crippen LogP contribution in [-0.4, -0.2) is 11.0 Å². The van der Waals surface area contributed by atoms with Crippen LogP contribution >= 0.6 is 11.8 Å². The summed E-state index contributed by atoms with van der Waals surface area (Å²) >= 11 is 1.76. The van der Waals surface area contributed by atoms with Crippen LogP contribution in [-0.2, 0) is 10.5 Å². The van der Waals surface area contributed by atoms with Gasteiger partial charge < -0.3 is 4.42 Å². The summed E-state index contributed by atoms with van der Waals surface area (Å²) in [5.41, 5.74) is 0. The molecule has 0 N–H and O–H groups in total. The first-order chi connectivity index (χ1) is 6.72. The summed E-state index contributed by atoms with van der Waals surface area (Å²) in [5.74, 6) is 2.17. The number of ketones is 1. The number of Topliss-reactive ketones (excluding diaryl/α,β-unsaturated/α-hetero) is 1. The minimum atomic E-state index is 0.337. The van der Waals surface area contributed by atoms with Crippen molar-refractivity contribution < 1.29 is 9.21 Å². The van der Waals surface area contributed by atoms with E-state index in [9.17, 15) is 4.79 Å². The summed E-state index contributed by atoms with van der Waals surface area (Å²) in [4.78, 5) is 11.1. The summed E-state index contributed by atoms with van der Waals surface area (Å²) in [6, 6.07) is 3.85. The van der Waals surface area contributed by atoms with Crippen LogP contribution < -0.4 is 0 Å². The Labute approximate surface area is 89.1 Å². The Morgan fingerprint density at radius 1 is 1.64 bits per heavy atom. The number of rotatable bonds is 6. The molecule has 0 bridgehead atoms. The third-order valence-electron chi connectivity index (χ3n) is 2.00. The lowest BCUT2D eigenvalue weighted by Gasteiger charge is -2.07. The van der Waals surface area contributed by atoms with Crippen LogP contribution in [0.3, 0.4) is 0 Å². The zero-order valence-electron chi connectivity index (χ0n) is 8.66. The number of carbonyl (C=O) groups excluding carboxylic acids is 1. The van der Waals surface area contributed by atoms with Crippen molar-refractivity contribution in [2.75, 3.05) is 0 Å². The van der Waals surface area contributed by atoms with E-state index in [1.807, 2.05) is 19.1 Å². The topological polar surface area (TPSA) is 30.2 Å². The molecule has 0 saturated heterocycles. The van der Waals surface area contributed by atoms with E-state index >= 15 is 0 Å². The van der Waals surface area contributed by atoms with Crippen LogP contribution in [0.15, 0.2) is 22.8 Å². The van der Waals surface area contributed by atoms with Crippen LogP contribution in [0.25, 0.3) is 0 Å². The molecule has 1 unspecified atom stereocenters. The SMILES string of the molecule is CCC(=O)CC(C)SCc1ccco1. The Morgan fingerprint density at radius 2 is 2.43 bits per heavy atom. The highest BCUT2D eigenvalue weighted by atomic mass is 32.2. The number of thioether (sulfide) groups is 1. The molecule has 78 valence electrons. The average Bonchev–Trinajstić information content (AvgIpc) is 2.67. The summed E-state index contributed by atoms with van der Waals surface area (Å²) in [5, 5.41) is 0.382. The van der Waals surface area contributed by atoms with Crippen molar-refractivity contribution in [1.82, 2.24) is 0 Å². The first kappa shape index (κ1) is 11.4. The Kier molecular flexibility index (Phi) is 4.80. The van der Waals surface area contributed by atoms with Gasteiger partial charge in [-0.3, -0.25) is 4.79 Å². The molecule has 1 aromatic heterocycles. The van der Waals surface area contributed by atoms with E-state index in [2.05, 4.69) is 6.92 Å². The number of hydrogen-bond donors (Lipinski definition) is 0. The van der Waals surface area contributed by atoms with Crippen LogP contribution in [0.1, 0.15) is 32.4 Å². The van der Waals surface area contributed by atoms with Crippen molar-refractivity contribution >= 4 is 17.5 Å². The molecule has 0 aromatic carbocycles. The van der Waals surface area contributed by atoms with Gasteiger partial charge in [-0.25, -0.2) is 0 Å². The average molecular weight is 212 g/mol. The Bertz CT molecular complexity index is 267. The normalized spacial score (nSPS) is 12.7. The fourth-order valence-corrected chi connectivity index (χ4v) is 2.06. The largest absolute Gasteiger partial charge is 0.468 e. The molecule has 0 aliphatic heterocycles. The predicted octanol–water partition coefficient (Wildman–Crippen LogP) is 3.27. The zero-order chi connectivity index (χ0) is 10.4. The molecule has 0 radical (unpaired) electrons. The van der Waals surface area contributed by atoms with Crippen LogP contribution in [0.4, 0.5) is 0 Å². The van der Waals surface area contributed by atoms with Crippen LogP contribution in [0.2, 0.25) is 0 Å². The maximum atomic E-state index is 11.1. The van der Waals surface area contributed by atoms with Gasteiger partial charge in [0.15, 0.2) is 0 Å². The van der Waals surface area contributed by atoms with Crippen molar-refractivity contribution in [3.8, 4) is 0 Å². The molecule has 0 amide bonds. The molecule has 3 heteroatoms. The molecule has 0 aliphatic carbocycles. The van der Waals surface area contributed by atoms with Gasteiger partial charge in [0.25, 0.3) is 0 Å². The van der Waals surface area contributed by atoms with Gasteiger partial charge in [0.1, 0.15) is 11.5 Å². The molecule has 1 heterocycles. The monoisotopic (exact) mass is 212 g/mol. The Balaban J connectivity index is 2.21. The maximum Gasteiger partial charge on any atom is 0.133 e. The molecule has 0 saturated carbocycles. The van der Waals surface area contributed by atoms with Crippen molar-refractivity contribution in [3.05, 3.63) is 24.2 Å². The van der Waals surface area contributed by atoms with E-state index in [4.69, 9.17) is 4.42 Å². The van der Waals surface area contributed by atoms with Crippen molar-refractivity contribution in [2.45, 2.75) is 37.7 Å². The van der Waals surface area contributed by atoms with E-state index < -0.39 is 0 Å². The van der Waals surface area contributed by atoms with E-state index in [0.29, 0.717) is 23.9 Å². The second-order valence-corrected chi connectivity index (χ2v) is 4.72. The molecule has 0 aliphatic rings. The van der Waals surface area contributed by atoms with Crippen LogP contribution in [0.5, 0.6) is 0 Å². The van der Waals surface area contributed by atoms with Gasteiger partial charge in [-0.2, -0.15) is 11.8 Å². The number of furan rings is 1. The first-order valence-electron chi connectivity index (χ1n) is 4.88. The predicted molar refractivity (Wildman–Crippen MR) is 59.4 cm³/mol. The fraction of sp³-hybridized carbons (Fsp3) is 0.545. The minimum Gasteiger partial charge on any atom is -0.468 e. The Morgan fingerprint density at radius 3 is 3.00 bits per heavy atom. The molecular formula is C11H16O2S. The third kappa shape index (κ3) is 4.01. The summed E-state index contributed by atoms with van der Waals surface area (Å²) in [7, 11) is 0. The second kappa shape index (κ2) is 5.91. The standard InChI is InChI=1S/C11H16O2S/c1-3-10(12)7-9(2)14-8-11-5-4-6-13-11/h4-6,9H,3,7-8H2,1-2H3. The van der Waals surface area contributed by atoms with E-state index in [0.717, 1.165) is 11.5 Å². The molecule has 1 rings (SSSR count). The number of carbonyl (C=O) groups is 1. The fourth-order valence-electron chi connectivity index (χ4n) is 1.14. The zero-order valence-corrected chi connectivity index (χ0v) is 9.47. The van der Waals surface area contributed by atoms with Gasteiger partial charge in [-0.1, -0.05) is 13.8 Å². The van der Waals surface area contributed by atoms with Crippen molar-refractivity contribution in [1.29, 1.82) is 0 Å². The highest BCUT2D eigenvalue weighted by Crippen LogP contribution is 2.20. The molecule has 1 aromatic rings. The van der Waals surface area contributed by atoms with Gasteiger partial charge in [-0.05, 0) is 12.1 Å². The molecule has 14 heavy (non-hydrogen) atoms. The van der Waals surface area contributed by atoms with E-state index in [1.165, 1.54) is 0 Å². The molecule has 1 atom stereocenters. The highest BCUT2D eigenvalue weighted by Gasteiger charge is 2.08. The van der Waals surface area contributed by atoms with Crippen molar-refractivity contribution in [3.63, 3.8) is 0 Å².